The predicted molar refractivity (Wildman–Crippen MR) is 91.2 cm³/mol. The Hall–Kier alpha value is -1.18. The number of hydrogen-bond donors (Lipinski definition) is 0. The minimum Gasteiger partial charge on any atom is -0.353 e. The van der Waals surface area contributed by atoms with Crippen molar-refractivity contribution in [1.82, 2.24) is 14.2 Å². The summed E-state index contributed by atoms with van der Waals surface area (Å²) in [7, 11) is -3.45. The Morgan fingerprint density at radius 1 is 1.04 bits per heavy atom. The maximum atomic E-state index is 13.0. The summed E-state index contributed by atoms with van der Waals surface area (Å²) in [4.78, 5) is 9.27. The molecule has 0 amide bonds. The van der Waals surface area contributed by atoms with Gasteiger partial charge in [0.2, 0.25) is 10.0 Å². The summed E-state index contributed by atoms with van der Waals surface area (Å²) in [5, 5.41) is 0. The standard InChI is InChI=1S/C16H26N4O2S/c1-2-18-11-13-19(14-12-18)16-15(7-6-8-17-16)23(21,22)20-9-4-3-5-10-20/h6-8H,2-5,9-14H2,1H3. The van der Waals surface area contributed by atoms with Crippen LogP contribution in [-0.4, -0.2) is 68.4 Å². The van der Waals surface area contributed by atoms with Crippen molar-refractivity contribution in [2.45, 2.75) is 31.1 Å². The molecular weight excluding hydrogens is 312 g/mol. The molecule has 128 valence electrons. The fourth-order valence-corrected chi connectivity index (χ4v) is 5.02. The van der Waals surface area contributed by atoms with Crippen LogP contribution in [0.4, 0.5) is 5.82 Å². The van der Waals surface area contributed by atoms with Gasteiger partial charge in [-0.05, 0) is 31.5 Å². The second kappa shape index (κ2) is 7.15. The van der Waals surface area contributed by atoms with E-state index in [1.807, 2.05) is 0 Å². The number of piperidine rings is 1. The van der Waals surface area contributed by atoms with Crippen molar-refractivity contribution in [2.75, 3.05) is 50.7 Å². The van der Waals surface area contributed by atoms with Gasteiger partial charge in [-0.1, -0.05) is 13.3 Å². The number of rotatable bonds is 4. The molecule has 1 aromatic heterocycles. The van der Waals surface area contributed by atoms with Gasteiger partial charge in [0.1, 0.15) is 10.7 Å². The summed E-state index contributed by atoms with van der Waals surface area (Å²) in [6.45, 7) is 8.01. The van der Waals surface area contributed by atoms with Crippen LogP contribution >= 0.6 is 0 Å². The van der Waals surface area contributed by atoms with Crippen molar-refractivity contribution in [1.29, 1.82) is 0 Å². The van der Waals surface area contributed by atoms with E-state index in [9.17, 15) is 8.42 Å². The minimum absolute atomic E-state index is 0.367. The third kappa shape index (κ3) is 3.51. The molecule has 2 saturated heterocycles. The lowest BCUT2D eigenvalue weighted by Gasteiger charge is -2.36. The minimum atomic E-state index is -3.45. The maximum Gasteiger partial charge on any atom is 0.246 e. The van der Waals surface area contributed by atoms with Gasteiger partial charge in [0.25, 0.3) is 0 Å². The van der Waals surface area contributed by atoms with Gasteiger partial charge in [-0.25, -0.2) is 13.4 Å². The molecule has 2 aliphatic heterocycles. The molecule has 0 spiro atoms. The Morgan fingerprint density at radius 3 is 2.39 bits per heavy atom. The van der Waals surface area contributed by atoms with Crippen LogP contribution in [0.3, 0.4) is 0 Å². The van der Waals surface area contributed by atoms with Gasteiger partial charge >= 0.3 is 0 Å². The largest absolute Gasteiger partial charge is 0.353 e. The molecule has 0 bridgehead atoms. The molecule has 0 N–H and O–H groups in total. The highest BCUT2D eigenvalue weighted by molar-refractivity contribution is 7.89. The molecule has 0 atom stereocenters. The lowest BCUT2D eigenvalue weighted by Crippen LogP contribution is -2.47. The summed E-state index contributed by atoms with van der Waals surface area (Å²) >= 11 is 0. The highest BCUT2D eigenvalue weighted by Crippen LogP contribution is 2.28. The van der Waals surface area contributed by atoms with Crippen molar-refractivity contribution in [2.24, 2.45) is 0 Å². The first-order valence-electron chi connectivity index (χ1n) is 8.55. The third-order valence-electron chi connectivity index (χ3n) is 4.80. The van der Waals surface area contributed by atoms with Crippen molar-refractivity contribution in [3.8, 4) is 0 Å². The Morgan fingerprint density at radius 2 is 1.74 bits per heavy atom. The summed E-state index contributed by atoms with van der Waals surface area (Å²) in [5.41, 5.74) is 0. The monoisotopic (exact) mass is 338 g/mol. The normalized spacial score (nSPS) is 21.5. The van der Waals surface area contributed by atoms with Gasteiger partial charge in [-0.15, -0.1) is 0 Å². The molecule has 0 radical (unpaired) electrons. The van der Waals surface area contributed by atoms with Crippen LogP contribution in [0.2, 0.25) is 0 Å². The number of nitrogens with zero attached hydrogens (tertiary/aromatic N) is 4. The molecule has 2 aliphatic rings. The third-order valence-corrected chi connectivity index (χ3v) is 6.72. The molecule has 0 unspecified atom stereocenters. The molecule has 1 aromatic rings. The lowest BCUT2D eigenvalue weighted by atomic mass is 10.2. The number of likely N-dealkylation sites (N-methyl/N-ethyl adjacent to an activating group) is 1. The second-order valence-electron chi connectivity index (χ2n) is 6.21. The molecule has 3 heterocycles. The van der Waals surface area contributed by atoms with Crippen LogP contribution in [0.5, 0.6) is 0 Å². The van der Waals surface area contributed by atoms with E-state index in [0.717, 1.165) is 52.0 Å². The number of pyridine rings is 1. The van der Waals surface area contributed by atoms with Crippen LogP contribution < -0.4 is 4.90 Å². The Bertz CT molecular complexity index is 621. The molecule has 2 fully saturated rings. The smallest absolute Gasteiger partial charge is 0.246 e. The van der Waals surface area contributed by atoms with Crippen LogP contribution in [0.1, 0.15) is 26.2 Å². The van der Waals surface area contributed by atoms with Crippen molar-refractivity contribution < 1.29 is 8.42 Å². The Balaban J connectivity index is 1.86. The average Bonchev–Trinajstić information content (AvgIpc) is 2.62. The van der Waals surface area contributed by atoms with Crippen LogP contribution in [-0.2, 0) is 10.0 Å². The molecule has 0 aliphatic carbocycles. The van der Waals surface area contributed by atoms with Gasteiger partial charge in [0, 0.05) is 45.5 Å². The molecule has 6 nitrogen and oxygen atoms in total. The summed E-state index contributed by atoms with van der Waals surface area (Å²) in [6.07, 6.45) is 4.70. The first-order chi connectivity index (χ1) is 11.1. The second-order valence-corrected chi connectivity index (χ2v) is 8.12. The SMILES string of the molecule is CCN1CCN(c2ncccc2S(=O)(=O)N2CCCCC2)CC1. The molecule has 0 aromatic carbocycles. The number of aromatic nitrogens is 1. The number of anilines is 1. The molecule has 7 heteroatoms. The predicted octanol–water partition coefficient (Wildman–Crippen LogP) is 1.40. The highest BCUT2D eigenvalue weighted by atomic mass is 32.2. The number of piperazine rings is 1. The fraction of sp³-hybridized carbons (Fsp3) is 0.688. The van der Waals surface area contributed by atoms with Gasteiger partial charge in [-0.2, -0.15) is 4.31 Å². The summed E-state index contributed by atoms with van der Waals surface area (Å²) < 4.78 is 27.7. The fourth-order valence-electron chi connectivity index (χ4n) is 3.34. The summed E-state index contributed by atoms with van der Waals surface area (Å²) in [5.74, 6) is 0.619. The highest BCUT2D eigenvalue weighted by Gasteiger charge is 2.31. The Kier molecular flexibility index (Phi) is 5.18. The van der Waals surface area contributed by atoms with Crippen molar-refractivity contribution in [3.63, 3.8) is 0 Å². The zero-order valence-corrected chi connectivity index (χ0v) is 14.6. The molecular formula is C16H26N4O2S. The van der Waals surface area contributed by atoms with E-state index in [0.29, 0.717) is 23.8 Å². The Labute approximate surface area is 139 Å². The topological polar surface area (TPSA) is 56.8 Å². The van der Waals surface area contributed by atoms with Gasteiger partial charge in [0.15, 0.2) is 0 Å². The zero-order valence-electron chi connectivity index (χ0n) is 13.8. The van der Waals surface area contributed by atoms with Crippen molar-refractivity contribution in [3.05, 3.63) is 18.3 Å². The van der Waals surface area contributed by atoms with Crippen LogP contribution in [0.15, 0.2) is 23.2 Å². The van der Waals surface area contributed by atoms with E-state index in [1.54, 1.807) is 22.6 Å². The maximum absolute atomic E-state index is 13.0. The average molecular weight is 338 g/mol. The van der Waals surface area contributed by atoms with Gasteiger partial charge in [0.05, 0.1) is 0 Å². The van der Waals surface area contributed by atoms with E-state index in [4.69, 9.17) is 0 Å². The molecule has 3 rings (SSSR count). The first kappa shape index (κ1) is 16.7. The molecule has 23 heavy (non-hydrogen) atoms. The van der Waals surface area contributed by atoms with Gasteiger partial charge < -0.3 is 9.80 Å². The van der Waals surface area contributed by atoms with E-state index in [1.165, 1.54) is 0 Å². The lowest BCUT2D eigenvalue weighted by molar-refractivity contribution is 0.270. The quantitative estimate of drug-likeness (QED) is 0.830. The number of sulfonamides is 1. The van der Waals surface area contributed by atoms with Crippen LogP contribution in [0.25, 0.3) is 0 Å². The van der Waals surface area contributed by atoms with Gasteiger partial charge in [-0.3, -0.25) is 0 Å². The zero-order chi connectivity index (χ0) is 16.3. The summed E-state index contributed by atoms with van der Waals surface area (Å²) in [6, 6.07) is 3.43. The van der Waals surface area contributed by atoms with E-state index in [2.05, 4.69) is 21.7 Å². The molecule has 0 saturated carbocycles. The van der Waals surface area contributed by atoms with E-state index in [-0.39, 0.29) is 0 Å². The van der Waals surface area contributed by atoms with Crippen molar-refractivity contribution >= 4 is 15.8 Å². The van der Waals surface area contributed by atoms with E-state index < -0.39 is 10.0 Å². The number of hydrogen-bond acceptors (Lipinski definition) is 5. The van der Waals surface area contributed by atoms with Crippen LogP contribution in [0, 0.1) is 0 Å². The first-order valence-corrected chi connectivity index (χ1v) is 9.99. The van der Waals surface area contributed by atoms with E-state index >= 15 is 0 Å².